The van der Waals surface area contributed by atoms with E-state index in [9.17, 15) is 9.59 Å². The summed E-state index contributed by atoms with van der Waals surface area (Å²) in [5.74, 6) is 5.54. The van der Waals surface area contributed by atoms with E-state index in [1.807, 2.05) is 54.5 Å². The van der Waals surface area contributed by atoms with Crippen molar-refractivity contribution in [1.29, 1.82) is 0 Å². The Morgan fingerprint density at radius 1 is 1.23 bits per heavy atom. The van der Waals surface area contributed by atoms with Crippen molar-refractivity contribution in [3.05, 3.63) is 15.8 Å². The van der Waals surface area contributed by atoms with Crippen LogP contribution >= 0.6 is 11.3 Å². The quantitative estimate of drug-likeness (QED) is 0.604. The summed E-state index contributed by atoms with van der Waals surface area (Å²) in [6.07, 6.45) is 0.191. The van der Waals surface area contributed by atoms with E-state index in [4.69, 9.17) is 9.47 Å². The summed E-state index contributed by atoms with van der Waals surface area (Å²) >= 11 is 1.28. The fraction of sp³-hybridized carbons (Fsp3) is 0.600. The molecule has 0 aliphatic rings. The molecule has 1 aromatic rings. The summed E-state index contributed by atoms with van der Waals surface area (Å²) in [7, 11) is 1.34. The van der Waals surface area contributed by atoms with Crippen LogP contribution in [-0.4, -0.2) is 30.7 Å². The van der Waals surface area contributed by atoms with Crippen molar-refractivity contribution in [2.24, 2.45) is 5.41 Å². The largest absolute Gasteiger partial charge is 0.465 e. The molecule has 1 rings (SSSR count). The average Bonchev–Trinajstić information content (AvgIpc) is 2.84. The molecular weight excluding hydrogens is 350 g/mol. The van der Waals surface area contributed by atoms with Crippen LogP contribution in [0.4, 0.5) is 5.69 Å². The summed E-state index contributed by atoms with van der Waals surface area (Å²) in [5, 5.41) is 3.20. The number of hydrogen-bond donors (Lipinski definition) is 1. The first-order valence-corrected chi connectivity index (χ1v) is 9.36. The summed E-state index contributed by atoms with van der Waals surface area (Å²) in [6, 6.07) is 1.62. The molecule has 0 aromatic carbocycles. The highest BCUT2D eigenvalue weighted by Crippen LogP contribution is 2.29. The molecule has 1 N–H and O–H groups in total. The number of thiophene rings is 1. The Labute approximate surface area is 160 Å². The highest BCUT2D eigenvalue weighted by atomic mass is 32.1. The number of anilines is 1. The van der Waals surface area contributed by atoms with Gasteiger partial charge in [-0.15, -0.1) is 11.3 Å². The molecule has 1 atom stereocenters. The summed E-state index contributed by atoms with van der Waals surface area (Å²) < 4.78 is 10.2. The van der Waals surface area contributed by atoms with Gasteiger partial charge in [0.05, 0.1) is 24.1 Å². The van der Waals surface area contributed by atoms with Crippen molar-refractivity contribution >= 4 is 29.0 Å². The highest BCUT2D eigenvalue weighted by molar-refractivity contribution is 7.15. The van der Waals surface area contributed by atoms with Gasteiger partial charge in [-0.25, -0.2) is 4.79 Å². The van der Waals surface area contributed by atoms with Crippen molar-refractivity contribution in [1.82, 2.24) is 0 Å². The van der Waals surface area contributed by atoms with Crippen LogP contribution in [0.2, 0.25) is 0 Å². The van der Waals surface area contributed by atoms with Crippen LogP contribution in [0.15, 0.2) is 6.07 Å². The minimum atomic E-state index is -0.522. The zero-order valence-corrected chi connectivity index (χ0v) is 17.7. The van der Waals surface area contributed by atoms with Crippen LogP contribution in [-0.2, 0) is 14.3 Å². The first-order valence-electron chi connectivity index (χ1n) is 8.54. The Kier molecular flexibility index (Phi) is 7.28. The highest BCUT2D eigenvalue weighted by Gasteiger charge is 2.21. The van der Waals surface area contributed by atoms with Gasteiger partial charge in [-0.2, -0.15) is 0 Å². The van der Waals surface area contributed by atoms with Gasteiger partial charge >= 0.3 is 11.9 Å². The third-order valence-corrected chi connectivity index (χ3v) is 3.99. The second-order valence-corrected chi connectivity index (χ2v) is 9.23. The van der Waals surface area contributed by atoms with Gasteiger partial charge in [0.15, 0.2) is 0 Å². The summed E-state index contributed by atoms with van der Waals surface area (Å²) in [6.45, 7) is 13.4. The molecule has 5 nitrogen and oxygen atoms in total. The molecule has 1 heterocycles. The van der Waals surface area contributed by atoms with Crippen LogP contribution in [0.3, 0.4) is 0 Å². The normalized spacial score (nSPS) is 12.6. The Hall–Kier alpha value is -2.00. The lowest BCUT2D eigenvalue weighted by molar-refractivity contribution is -0.154. The molecule has 0 amide bonds. The second-order valence-electron chi connectivity index (χ2n) is 8.18. The van der Waals surface area contributed by atoms with E-state index in [2.05, 4.69) is 17.2 Å². The zero-order chi connectivity index (χ0) is 20.1. The van der Waals surface area contributed by atoms with E-state index < -0.39 is 11.6 Å². The molecular formula is C20H29NO4S. The van der Waals surface area contributed by atoms with Crippen LogP contribution in [0.5, 0.6) is 0 Å². The van der Waals surface area contributed by atoms with Crippen molar-refractivity contribution < 1.29 is 19.1 Å². The Morgan fingerprint density at radius 2 is 1.85 bits per heavy atom. The fourth-order valence-electron chi connectivity index (χ4n) is 2.00. The zero-order valence-electron chi connectivity index (χ0n) is 16.9. The summed E-state index contributed by atoms with van der Waals surface area (Å²) in [4.78, 5) is 25.2. The number of esters is 2. The Bertz CT molecular complexity index is 711. The number of carbonyl (C=O) groups is 2. The molecule has 0 spiro atoms. The van der Waals surface area contributed by atoms with E-state index in [-0.39, 0.29) is 23.8 Å². The lowest BCUT2D eigenvalue weighted by Crippen LogP contribution is -2.28. The summed E-state index contributed by atoms with van der Waals surface area (Å²) in [5.41, 5.74) is -0.0323. The monoisotopic (exact) mass is 379 g/mol. The van der Waals surface area contributed by atoms with Gasteiger partial charge in [-0.1, -0.05) is 11.8 Å². The predicted octanol–water partition coefficient (Wildman–Crippen LogP) is 4.46. The maximum atomic E-state index is 12.0. The first kappa shape index (κ1) is 22.0. The predicted molar refractivity (Wildman–Crippen MR) is 106 cm³/mol. The standard InChI is InChI=1S/C20H29NO4S/c1-13(11-16(22)25-20(5,6)7)21-15-12-14(9-10-19(2,3)4)26-17(15)18(23)24-8/h12-13,21H,11H2,1-8H3/t13-/m0/s1. The van der Waals surface area contributed by atoms with E-state index in [0.717, 1.165) is 4.88 Å². The molecule has 0 saturated heterocycles. The Morgan fingerprint density at radius 3 is 2.35 bits per heavy atom. The minimum absolute atomic E-state index is 0.132. The molecule has 144 valence electrons. The van der Waals surface area contributed by atoms with Crippen molar-refractivity contribution in [2.45, 2.75) is 66.5 Å². The first-order chi connectivity index (χ1) is 11.8. The fourth-order valence-corrected chi connectivity index (χ4v) is 2.90. The number of carbonyl (C=O) groups excluding carboxylic acids is 2. The SMILES string of the molecule is COC(=O)c1sc(C#CC(C)(C)C)cc1N[C@@H](C)CC(=O)OC(C)(C)C. The van der Waals surface area contributed by atoms with Crippen LogP contribution in [0.1, 0.15) is 69.4 Å². The maximum absolute atomic E-state index is 12.0. The van der Waals surface area contributed by atoms with Gasteiger partial charge in [-0.05, 0) is 54.5 Å². The second kappa shape index (κ2) is 8.59. The van der Waals surface area contributed by atoms with Crippen molar-refractivity contribution in [3.63, 3.8) is 0 Å². The number of ether oxygens (including phenoxy) is 2. The number of nitrogens with one attached hydrogen (secondary N) is 1. The van der Waals surface area contributed by atoms with E-state index in [1.165, 1.54) is 18.4 Å². The topological polar surface area (TPSA) is 64.6 Å². The van der Waals surface area contributed by atoms with E-state index in [0.29, 0.717) is 10.6 Å². The van der Waals surface area contributed by atoms with E-state index in [1.54, 1.807) is 0 Å². The van der Waals surface area contributed by atoms with Gasteiger partial charge in [0, 0.05) is 11.5 Å². The van der Waals surface area contributed by atoms with Gasteiger partial charge < -0.3 is 14.8 Å². The molecule has 0 radical (unpaired) electrons. The van der Waals surface area contributed by atoms with Gasteiger partial charge in [0.2, 0.25) is 0 Å². The number of hydrogen-bond acceptors (Lipinski definition) is 6. The van der Waals surface area contributed by atoms with Crippen LogP contribution in [0.25, 0.3) is 0 Å². The number of rotatable bonds is 5. The lowest BCUT2D eigenvalue weighted by atomic mass is 9.98. The Balaban J connectivity index is 2.95. The molecule has 0 fully saturated rings. The third-order valence-electron chi connectivity index (χ3n) is 2.96. The molecule has 0 aliphatic heterocycles. The molecule has 0 aliphatic carbocycles. The molecule has 0 unspecified atom stereocenters. The van der Waals surface area contributed by atoms with E-state index >= 15 is 0 Å². The van der Waals surface area contributed by atoms with Crippen LogP contribution < -0.4 is 5.32 Å². The van der Waals surface area contributed by atoms with Crippen LogP contribution in [0, 0.1) is 17.3 Å². The average molecular weight is 380 g/mol. The minimum Gasteiger partial charge on any atom is -0.465 e. The third kappa shape index (κ3) is 7.92. The van der Waals surface area contributed by atoms with Gasteiger partial charge in [0.1, 0.15) is 10.5 Å². The van der Waals surface area contributed by atoms with Crippen molar-refractivity contribution in [2.75, 3.05) is 12.4 Å². The number of methoxy groups -OCH3 is 1. The maximum Gasteiger partial charge on any atom is 0.350 e. The van der Waals surface area contributed by atoms with Gasteiger partial charge in [-0.3, -0.25) is 4.79 Å². The molecule has 1 aromatic heterocycles. The molecule has 6 heteroatoms. The molecule has 0 bridgehead atoms. The van der Waals surface area contributed by atoms with Gasteiger partial charge in [0.25, 0.3) is 0 Å². The van der Waals surface area contributed by atoms with Crippen molar-refractivity contribution in [3.8, 4) is 11.8 Å². The lowest BCUT2D eigenvalue weighted by Gasteiger charge is -2.21. The molecule has 0 saturated carbocycles. The molecule has 26 heavy (non-hydrogen) atoms. The smallest absolute Gasteiger partial charge is 0.350 e.